The molecule has 0 bridgehead atoms. The van der Waals surface area contributed by atoms with E-state index in [4.69, 9.17) is 9.97 Å². The van der Waals surface area contributed by atoms with Gasteiger partial charge >= 0.3 is 0 Å². The number of aromatic nitrogens is 2. The average Bonchev–Trinajstić information content (AvgIpc) is 2.70. The summed E-state index contributed by atoms with van der Waals surface area (Å²) in [6, 6.07) is 20.1. The summed E-state index contributed by atoms with van der Waals surface area (Å²) in [7, 11) is 0. The van der Waals surface area contributed by atoms with Crippen LogP contribution in [0, 0.1) is 27.7 Å². The minimum absolute atomic E-state index is 0.177. The summed E-state index contributed by atoms with van der Waals surface area (Å²) in [4.78, 5) is 9.78. The Bertz CT molecular complexity index is 1220. The highest BCUT2D eigenvalue weighted by atomic mass is 16.3. The summed E-state index contributed by atoms with van der Waals surface area (Å²) < 4.78 is 0. The number of fused-ring (bicyclic) bond motifs is 1. The molecule has 1 N–H and O–H groups in total. The van der Waals surface area contributed by atoms with Crippen LogP contribution in [0.3, 0.4) is 0 Å². The molecule has 0 aliphatic rings. The van der Waals surface area contributed by atoms with E-state index in [0.717, 1.165) is 33.4 Å². The number of aryl methyl sites for hydroxylation is 4. The summed E-state index contributed by atoms with van der Waals surface area (Å²) >= 11 is 0. The molecule has 0 amide bonds. The van der Waals surface area contributed by atoms with Crippen LogP contribution >= 0.6 is 0 Å². The van der Waals surface area contributed by atoms with Crippen LogP contribution in [0.15, 0.2) is 60.7 Å². The molecule has 0 atom stereocenters. The van der Waals surface area contributed by atoms with Crippen molar-refractivity contribution in [3.8, 4) is 11.3 Å². The lowest BCUT2D eigenvalue weighted by molar-refractivity contribution is 0.515. The molecule has 0 saturated carbocycles. The number of hydrogen-bond acceptors (Lipinski definition) is 3. The van der Waals surface area contributed by atoms with Crippen molar-refractivity contribution >= 4 is 22.9 Å². The molecule has 0 spiro atoms. The molecular weight excluding hydrogens is 356 g/mol. The first kappa shape index (κ1) is 18.9. The van der Waals surface area contributed by atoms with Crippen molar-refractivity contribution in [2.75, 3.05) is 0 Å². The van der Waals surface area contributed by atoms with Gasteiger partial charge in [0, 0.05) is 17.2 Å². The van der Waals surface area contributed by atoms with Gasteiger partial charge in [-0.25, -0.2) is 9.97 Å². The van der Waals surface area contributed by atoms with Crippen LogP contribution in [-0.2, 0) is 0 Å². The van der Waals surface area contributed by atoms with Gasteiger partial charge < -0.3 is 5.11 Å². The first-order chi connectivity index (χ1) is 13.9. The van der Waals surface area contributed by atoms with E-state index in [1.54, 1.807) is 6.08 Å². The van der Waals surface area contributed by atoms with Gasteiger partial charge in [0.05, 0.1) is 22.4 Å². The van der Waals surface area contributed by atoms with Gasteiger partial charge in [0.15, 0.2) is 0 Å². The normalized spacial score (nSPS) is 11.8. The topological polar surface area (TPSA) is 46.0 Å². The van der Waals surface area contributed by atoms with Crippen LogP contribution in [0.4, 0.5) is 0 Å². The summed E-state index contributed by atoms with van der Waals surface area (Å²) in [5.74, 6) is 0.177. The third kappa shape index (κ3) is 3.90. The molecular formula is C26H24N2O. The Labute approximate surface area is 171 Å². The Morgan fingerprint density at radius 3 is 1.83 bits per heavy atom. The van der Waals surface area contributed by atoms with E-state index in [9.17, 15) is 5.11 Å². The molecule has 0 aliphatic carbocycles. The largest absolute Gasteiger partial charge is 0.507 e. The van der Waals surface area contributed by atoms with Crippen molar-refractivity contribution in [2.45, 2.75) is 27.7 Å². The first-order valence-electron chi connectivity index (χ1n) is 9.74. The van der Waals surface area contributed by atoms with Crippen LogP contribution in [0.2, 0.25) is 0 Å². The highest BCUT2D eigenvalue weighted by Gasteiger charge is 2.12. The molecule has 0 aliphatic heterocycles. The van der Waals surface area contributed by atoms with Crippen molar-refractivity contribution in [3.63, 3.8) is 0 Å². The van der Waals surface area contributed by atoms with E-state index >= 15 is 0 Å². The molecule has 144 valence electrons. The summed E-state index contributed by atoms with van der Waals surface area (Å²) in [6.07, 6.45) is 1.71. The predicted molar refractivity (Wildman–Crippen MR) is 121 cm³/mol. The van der Waals surface area contributed by atoms with E-state index < -0.39 is 0 Å². The molecule has 0 radical (unpaired) electrons. The second-order valence-corrected chi connectivity index (χ2v) is 7.64. The lowest BCUT2D eigenvalue weighted by Gasteiger charge is -2.10. The summed E-state index contributed by atoms with van der Waals surface area (Å²) in [5, 5.41) is 10.7. The highest BCUT2D eigenvalue weighted by molar-refractivity contribution is 5.86. The summed E-state index contributed by atoms with van der Waals surface area (Å²) in [5.41, 5.74) is 9.54. The molecule has 1 aromatic heterocycles. The number of aliphatic hydroxyl groups is 1. The molecule has 3 heteroatoms. The third-order valence-electron chi connectivity index (χ3n) is 5.25. The lowest BCUT2D eigenvalue weighted by atomic mass is 10.0. The van der Waals surface area contributed by atoms with E-state index in [1.807, 2.05) is 43.3 Å². The van der Waals surface area contributed by atoms with Gasteiger partial charge in [-0.15, -0.1) is 0 Å². The Kier molecular flexibility index (Phi) is 4.89. The molecule has 0 saturated heterocycles. The molecule has 4 rings (SSSR count). The van der Waals surface area contributed by atoms with Gasteiger partial charge in [0.25, 0.3) is 0 Å². The molecule has 1 heterocycles. The van der Waals surface area contributed by atoms with Crippen LogP contribution in [0.5, 0.6) is 0 Å². The van der Waals surface area contributed by atoms with Crippen LogP contribution in [0.1, 0.15) is 33.5 Å². The van der Waals surface area contributed by atoms with Crippen LogP contribution in [0.25, 0.3) is 34.1 Å². The van der Waals surface area contributed by atoms with Gasteiger partial charge in [-0.1, -0.05) is 59.7 Å². The van der Waals surface area contributed by atoms with E-state index in [1.165, 1.54) is 16.7 Å². The minimum atomic E-state index is 0.177. The zero-order valence-electron chi connectivity index (χ0n) is 17.2. The molecule has 0 fully saturated rings. The fourth-order valence-corrected chi connectivity index (χ4v) is 3.29. The molecule has 29 heavy (non-hydrogen) atoms. The first-order valence-corrected chi connectivity index (χ1v) is 9.74. The number of hydrogen-bond donors (Lipinski definition) is 1. The smallest absolute Gasteiger partial charge is 0.125 e. The maximum atomic E-state index is 10.7. The second kappa shape index (κ2) is 7.51. The average molecular weight is 380 g/mol. The number of aliphatic hydroxyl groups excluding tert-OH is 1. The number of benzene rings is 3. The minimum Gasteiger partial charge on any atom is -0.507 e. The van der Waals surface area contributed by atoms with Crippen molar-refractivity contribution in [3.05, 3.63) is 94.2 Å². The van der Waals surface area contributed by atoms with Gasteiger partial charge in [0.2, 0.25) is 0 Å². The van der Waals surface area contributed by atoms with Gasteiger partial charge in [-0.2, -0.15) is 0 Å². The quantitative estimate of drug-likeness (QED) is 0.408. The highest BCUT2D eigenvalue weighted by Crippen LogP contribution is 2.28. The maximum Gasteiger partial charge on any atom is 0.125 e. The standard InChI is InChI=1S/C26H24N2O/c1-16-5-9-20(10-6-16)25(29)15-24-26(21-11-7-17(2)8-12-21)28-23-14-19(4)18(3)13-22(23)27-24/h5-15,29H,1-4H3/b25-15-. The zero-order chi connectivity index (χ0) is 20.5. The fraction of sp³-hybridized carbons (Fsp3) is 0.154. The molecule has 0 unspecified atom stereocenters. The fourth-order valence-electron chi connectivity index (χ4n) is 3.29. The molecule has 3 nitrogen and oxygen atoms in total. The Morgan fingerprint density at radius 2 is 1.24 bits per heavy atom. The lowest BCUT2D eigenvalue weighted by Crippen LogP contribution is -1.97. The Morgan fingerprint density at radius 1 is 0.724 bits per heavy atom. The van der Waals surface area contributed by atoms with E-state index in [-0.39, 0.29) is 5.76 Å². The van der Waals surface area contributed by atoms with E-state index in [2.05, 4.69) is 45.0 Å². The van der Waals surface area contributed by atoms with Gasteiger partial charge in [-0.05, 0) is 51.0 Å². The summed E-state index contributed by atoms with van der Waals surface area (Å²) in [6.45, 7) is 8.24. The predicted octanol–water partition coefficient (Wildman–Crippen LogP) is 6.59. The number of rotatable bonds is 3. The monoisotopic (exact) mass is 380 g/mol. The van der Waals surface area contributed by atoms with Gasteiger partial charge in [-0.3, -0.25) is 0 Å². The second-order valence-electron chi connectivity index (χ2n) is 7.64. The van der Waals surface area contributed by atoms with Crippen LogP contribution in [-0.4, -0.2) is 15.1 Å². The van der Waals surface area contributed by atoms with Crippen molar-refractivity contribution in [1.29, 1.82) is 0 Å². The van der Waals surface area contributed by atoms with Crippen molar-refractivity contribution in [1.82, 2.24) is 9.97 Å². The van der Waals surface area contributed by atoms with E-state index in [0.29, 0.717) is 5.69 Å². The SMILES string of the molecule is Cc1ccc(/C(O)=C/c2nc3cc(C)c(C)cc3nc2-c2ccc(C)cc2)cc1. The van der Waals surface area contributed by atoms with Gasteiger partial charge in [0.1, 0.15) is 5.76 Å². The Balaban J connectivity index is 1.93. The number of nitrogens with zero attached hydrogens (tertiary/aromatic N) is 2. The van der Waals surface area contributed by atoms with Crippen molar-refractivity contribution < 1.29 is 5.11 Å². The zero-order valence-corrected chi connectivity index (χ0v) is 17.2. The molecule has 3 aromatic carbocycles. The van der Waals surface area contributed by atoms with Crippen LogP contribution < -0.4 is 0 Å². The Hall–Kier alpha value is -3.46. The maximum absolute atomic E-state index is 10.7. The van der Waals surface area contributed by atoms with Crippen molar-refractivity contribution in [2.24, 2.45) is 0 Å². The molecule has 4 aromatic rings. The third-order valence-corrected chi connectivity index (χ3v) is 5.25.